The van der Waals surface area contributed by atoms with Crippen molar-refractivity contribution in [2.75, 3.05) is 19.8 Å². The quantitative estimate of drug-likeness (QED) is 0.275. The normalized spacial score (nSPS) is 15.0. The molecule has 1 aliphatic heterocycles. The van der Waals surface area contributed by atoms with Crippen molar-refractivity contribution in [1.29, 1.82) is 0 Å². The molecule has 134 valence electrons. The van der Waals surface area contributed by atoms with Crippen LogP contribution in [0.5, 0.6) is 0 Å². The molecule has 0 radical (unpaired) electrons. The van der Waals surface area contributed by atoms with Crippen LogP contribution in [0.1, 0.15) is 38.2 Å². The number of amides is 3. The minimum atomic E-state index is -0.431. The van der Waals surface area contributed by atoms with Crippen LogP contribution < -0.4 is 62.0 Å². The molecule has 0 aliphatic carbocycles. The van der Waals surface area contributed by atoms with Crippen LogP contribution in [0.25, 0.3) is 5.48 Å². The third-order valence-electron chi connectivity index (χ3n) is 3.83. The number of hydroxylamine groups is 1. The van der Waals surface area contributed by atoms with Crippen molar-refractivity contribution in [2.45, 2.75) is 38.1 Å². The molecule has 0 spiro atoms. The molecule has 0 saturated carbocycles. The van der Waals surface area contributed by atoms with Crippen LogP contribution in [-0.4, -0.2) is 37.4 Å². The summed E-state index contributed by atoms with van der Waals surface area (Å²) in [6.07, 6.45) is 3.84. The molecule has 3 N–H and O–H groups in total. The van der Waals surface area contributed by atoms with E-state index in [1.165, 1.54) is 0 Å². The van der Waals surface area contributed by atoms with E-state index >= 15 is 0 Å². The Morgan fingerprint density at radius 3 is 2.48 bits per heavy atom. The largest absolute Gasteiger partial charge is 1.00 e. The zero-order chi connectivity index (χ0) is 17.7. The van der Waals surface area contributed by atoms with Gasteiger partial charge in [0, 0.05) is 19.8 Å². The Morgan fingerprint density at radius 1 is 1.32 bits per heavy atom. The third-order valence-corrected chi connectivity index (χ3v) is 3.83. The first-order valence-corrected chi connectivity index (χ1v) is 8.16. The number of carbonyl (C=O) groups excluding carboxylic acids is 2. The van der Waals surface area contributed by atoms with Crippen LogP contribution in [0.4, 0.5) is 4.79 Å². The molecule has 3 amide bonds. The number of urea groups is 1. The summed E-state index contributed by atoms with van der Waals surface area (Å²) in [7, 11) is 0. The smallest absolute Gasteiger partial charge is 0.528 e. The van der Waals surface area contributed by atoms with Gasteiger partial charge in [0.1, 0.15) is 0 Å². The Labute approximate surface area is 191 Å². The summed E-state index contributed by atoms with van der Waals surface area (Å²) in [4.78, 5) is 20.1. The van der Waals surface area contributed by atoms with Gasteiger partial charge in [0.15, 0.2) is 0 Å². The molecule has 1 aliphatic rings. The van der Waals surface area contributed by atoms with E-state index in [1.54, 1.807) is 0 Å². The van der Waals surface area contributed by atoms with Crippen molar-refractivity contribution in [3.05, 3.63) is 41.4 Å². The van der Waals surface area contributed by atoms with Gasteiger partial charge in [-0.2, -0.15) is 0 Å². The Bertz CT molecular complexity index is 482. The van der Waals surface area contributed by atoms with Crippen LogP contribution in [0.3, 0.4) is 0 Å². The van der Waals surface area contributed by atoms with Crippen molar-refractivity contribution in [3.8, 4) is 0 Å². The fraction of sp³-hybridized carbons (Fsp3) is 0.529. The van der Waals surface area contributed by atoms with Crippen LogP contribution in [0, 0.1) is 0 Å². The summed E-state index contributed by atoms with van der Waals surface area (Å²) < 4.78 is 5.28. The summed E-state index contributed by atoms with van der Waals surface area (Å²) in [5.74, 6) is 0. The molecule has 25 heavy (non-hydrogen) atoms. The molecule has 0 atom stereocenters. The number of rotatable bonds is 6. The molecule has 0 aromatic heterocycles. The average molecular weight is 376 g/mol. The molecular weight excluding hydrogens is 349 g/mol. The van der Waals surface area contributed by atoms with E-state index < -0.39 is 11.6 Å². The summed E-state index contributed by atoms with van der Waals surface area (Å²) >= 11 is 0. The van der Waals surface area contributed by atoms with Gasteiger partial charge in [-0.3, -0.25) is 10.1 Å². The van der Waals surface area contributed by atoms with E-state index in [4.69, 9.17) is 9.94 Å². The monoisotopic (exact) mass is 375 g/mol. The minimum absolute atomic E-state index is 0. The van der Waals surface area contributed by atoms with E-state index in [2.05, 4.69) is 10.8 Å². The molecule has 7 nitrogen and oxygen atoms in total. The van der Waals surface area contributed by atoms with E-state index in [0.29, 0.717) is 26.2 Å². The van der Waals surface area contributed by atoms with Gasteiger partial charge in [0.05, 0.1) is 0 Å². The van der Waals surface area contributed by atoms with E-state index in [9.17, 15) is 9.59 Å². The van der Waals surface area contributed by atoms with E-state index in [0.717, 1.165) is 31.2 Å². The first-order valence-electron chi connectivity index (χ1n) is 8.16. The number of ether oxygens (including phenoxy) is 1. The van der Waals surface area contributed by atoms with Crippen LogP contribution in [0.15, 0.2) is 30.3 Å². The molecule has 1 fully saturated rings. The van der Waals surface area contributed by atoms with Gasteiger partial charge in [-0.25, -0.2) is 4.79 Å². The topological polar surface area (TPSA) is 102 Å². The molecule has 1 heterocycles. The fourth-order valence-corrected chi connectivity index (χ4v) is 2.39. The van der Waals surface area contributed by atoms with E-state index in [-0.39, 0.29) is 51.4 Å². The number of nitrogens with zero attached hydrogens (tertiary/aromatic N) is 1. The van der Waals surface area contributed by atoms with Gasteiger partial charge in [0.2, 0.25) is 6.41 Å². The zero-order valence-electron chi connectivity index (χ0n) is 15.0. The molecule has 1 aromatic rings. The van der Waals surface area contributed by atoms with Crippen LogP contribution in [0.2, 0.25) is 0 Å². The van der Waals surface area contributed by atoms with Crippen molar-refractivity contribution in [3.63, 3.8) is 0 Å². The molecular formula is C17H26KN3O4. The minimum Gasteiger partial charge on any atom is -0.528 e. The molecule has 1 aromatic carbocycles. The number of imide groups is 1. The van der Waals surface area contributed by atoms with Gasteiger partial charge < -0.3 is 20.7 Å². The number of hydrogen-bond acceptors (Lipinski definition) is 4. The Morgan fingerprint density at radius 2 is 1.96 bits per heavy atom. The molecule has 1 saturated heterocycles. The number of nitrogens with one attached hydrogen (secondary N) is 2. The van der Waals surface area contributed by atoms with Gasteiger partial charge in [-0.1, -0.05) is 54.8 Å². The second-order valence-electron chi connectivity index (χ2n) is 5.48. The first-order chi connectivity index (χ1) is 11.7. The molecule has 8 heteroatoms. The first kappa shape index (κ1) is 24.7. The standard InChI is InChI=1S/C11H14NO2.C6H12N2O2.K/c13-12-11(6-8-14-9-7-11)10-4-2-1-3-5-10;1-2-3-4-7-6(10)8-5-9;/h1-5,13H,6-9H2;5H,2-4H2,1H3,(H2,7,8,9,10);/q-1;;+1. The fourth-order valence-electron chi connectivity index (χ4n) is 2.39. The summed E-state index contributed by atoms with van der Waals surface area (Å²) in [6.45, 7) is 3.98. The second-order valence-corrected chi connectivity index (χ2v) is 5.48. The Kier molecular flexibility index (Phi) is 14.6. The second kappa shape index (κ2) is 14.8. The Balaban J connectivity index is 0.000000471. The van der Waals surface area contributed by atoms with Gasteiger partial charge >= 0.3 is 57.4 Å². The van der Waals surface area contributed by atoms with Crippen LogP contribution in [-0.2, 0) is 15.1 Å². The summed E-state index contributed by atoms with van der Waals surface area (Å²) in [5, 5.41) is 13.6. The number of hydrogen-bond donors (Lipinski definition) is 3. The average Bonchev–Trinajstić information content (AvgIpc) is 2.64. The predicted molar refractivity (Wildman–Crippen MR) is 90.8 cm³/mol. The molecule has 2 rings (SSSR count). The van der Waals surface area contributed by atoms with Crippen LogP contribution >= 0.6 is 0 Å². The zero-order valence-corrected chi connectivity index (χ0v) is 18.2. The van der Waals surface area contributed by atoms with Gasteiger partial charge in [-0.15, -0.1) is 0 Å². The van der Waals surface area contributed by atoms with Crippen molar-refractivity contribution in [2.24, 2.45) is 0 Å². The number of carbonyl (C=O) groups is 2. The SMILES string of the molecule is CCCCNC(=O)NC=O.O[N-]C1(c2ccccc2)CCOCC1.[K+]. The maximum Gasteiger partial charge on any atom is 1.00 e. The summed E-state index contributed by atoms with van der Waals surface area (Å²) in [5.41, 5.74) is 4.21. The van der Waals surface area contributed by atoms with Gasteiger partial charge in [0.25, 0.3) is 0 Å². The molecule has 0 bridgehead atoms. The summed E-state index contributed by atoms with van der Waals surface area (Å²) in [6, 6.07) is 9.49. The predicted octanol–water partition coefficient (Wildman–Crippen LogP) is -0.299. The Hall–Kier alpha value is -0.324. The van der Waals surface area contributed by atoms with Gasteiger partial charge in [-0.05, 0) is 19.3 Å². The maximum absolute atomic E-state index is 10.5. The van der Waals surface area contributed by atoms with E-state index in [1.807, 2.05) is 42.6 Å². The number of benzene rings is 1. The molecule has 0 unspecified atom stereocenters. The van der Waals surface area contributed by atoms with Crippen molar-refractivity contribution in [1.82, 2.24) is 10.6 Å². The van der Waals surface area contributed by atoms with Crippen molar-refractivity contribution >= 4 is 12.4 Å². The number of unbranched alkanes of at least 4 members (excludes halogenated alkanes) is 1. The maximum atomic E-state index is 10.5. The third kappa shape index (κ3) is 9.25. The van der Waals surface area contributed by atoms with Crippen molar-refractivity contribution < 1.29 is 70.9 Å².